The van der Waals surface area contributed by atoms with Gasteiger partial charge in [0.2, 0.25) is 0 Å². The lowest BCUT2D eigenvalue weighted by Crippen LogP contribution is -2.37. The molecule has 0 heterocycles. The fourth-order valence-corrected chi connectivity index (χ4v) is 3.47. The van der Waals surface area contributed by atoms with Crippen LogP contribution in [-0.2, 0) is 16.0 Å². The number of rotatable bonds is 8. The highest BCUT2D eigenvalue weighted by molar-refractivity contribution is 7.80. The van der Waals surface area contributed by atoms with Gasteiger partial charge < -0.3 is 24.3 Å². The number of ketones is 1. The normalized spacial score (nSPS) is 15.4. The Bertz CT molecular complexity index is 688. The summed E-state index contributed by atoms with van der Waals surface area (Å²) >= 11 is 5.44. The van der Waals surface area contributed by atoms with Crippen molar-refractivity contribution < 1.29 is 24.2 Å². The summed E-state index contributed by atoms with van der Waals surface area (Å²) in [5.74, 6) is 0.360. The second-order valence-corrected chi connectivity index (χ2v) is 6.55. The average Bonchev–Trinajstić information content (AvgIpc) is 2.98. The summed E-state index contributed by atoms with van der Waals surface area (Å²) < 4.78 is 10.7. The molecule has 2 rings (SSSR count). The van der Waals surface area contributed by atoms with Gasteiger partial charge in [-0.1, -0.05) is 12.2 Å². The molecule has 0 fully saturated rings. The lowest BCUT2D eigenvalue weighted by molar-refractivity contribution is -0.137. The molecule has 0 amide bonds. The molecule has 0 saturated carbocycles. The van der Waals surface area contributed by atoms with E-state index < -0.39 is 5.97 Å². The maximum Gasteiger partial charge on any atom is 0.323 e. The van der Waals surface area contributed by atoms with Crippen LogP contribution in [0.3, 0.4) is 0 Å². The molecule has 0 aromatic heterocycles. The number of benzene rings is 1. The smallest absolute Gasteiger partial charge is 0.323 e. The topological polar surface area (TPSA) is 76.1 Å². The molecular formula is C18H23NO5S. The lowest BCUT2D eigenvalue weighted by atomic mass is 10.0. The minimum atomic E-state index is -0.945. The second kappa shape index (κ2) is 8.29. The number of hydrogen-bond donors (Lipinski definition) is 1. The lowest BCUT2D eigenvalue weighted by Gasteiger charge is -2.31. The van der Waals surface area contributed by atoms with E-state index in [1.165, 1.54) is 6.92 Å². The van der Waals surface area contributed by atoms with Crippen LogP contribution in [-0.4, -0.2) is 47.5 Å². The van der Waals surface area contributed by atoms with E-state index in [2.05, 4.69) is 0 Å². The van der Waals surface area contributed by atoms with E-state index in [1.807, 2.05) is 12.1 Å². The van der Waals surface area contributed by atoms with Gasteiger partial charge >= 0.3 is 5.97 Å². The first kappa shape index (κ1) is 19.2. The summed E-state index contributed by atoms with van der Waals surface area (Å²) in [4.78, 5) is 24.8. The zero-order valence-corrected chi connectivity index (χ0v) is 15.5. The first-order chi connectivity index (χ1) is 11.9. The molecule has 1 N–H and O–H groups in total. The molecular weight excluding hydrogens is 342 g/mol. The van der Waals surface area contributed by atoms with Crippen molar-refractivity contribution in [1.82, 2.24) is 4.90 Å². The van der Waals surface area contributed by atoms with Crippen LogP contribution in [0, 0.1) is 0 Å². The van der Waals surface area contributed by atoms with Crippen molar-refractivity contribution in [2.45, 2.75) is 38.6 Å². The van der Waals surface area contributed by atoms with E-state index in [9.17, 15) is 14.7 Å². The largest absolute Gasteiger partial charge is 0.493 e. The zero-order chi connectivity index (χ0) is 18.6. The summed E-state index contributed by atoms with van der Waals surface area (Å²) in [6.45, 7) is 1.32. The molecule has 0 aliphatic heterocycles. The van der Waals surface area contributed by atoms with Gasteiger partial charge in [0.25, 0.3) is 0 Å². The highest BCUT2D eigenvalue weighted by Gasteiger charge is 2.32. The fraction of sp³-hybridized carbons (Fsp3) is 0.500. The number of hydrogen-bond acceptors (Lipinski definition) is 5. The fourth-order valence-electron chi connectivity index (χ4n) is 3.18. The molecule has 1 aromatic carbocycles. The summed E-state index contributed by atoms with van der Waals surface area (Å²) in [5.41, 5.74) is 2.11. The first-order valence-corrected chi connectivity index (χ1v) is 8.53. The minimum Gasteiger partial charge on any atom is -0.493 e. The van der Waals surface area contributed by atoms with Crippen LogP contribution in [0.25, 0.3) is 0 Å². The van der Waals surface area contributed by atoms with Gasteiger partial charge in [-0.3, -0.25) is 4.79 Å². The Morgan fingerprint density at radius 2 is 1.88 bits per heavy atom. The van der Waals surface area contributed by atoms with Crippen LogP contribution in [0.4, 0.5) is 0 Å². The molecule has 0 bridgehead atoms. The Balaban J connectivity index is 2.33. The summed E-state index contributed by atoms with van der Waals surface area (Å²) in [5, 5.41) is 9.29. The van der Waals surface area contributed by atoms with Gasteiger partial charge in [0.05, 0.1) is 25.2 Å². The SMILES string of the molecule is COc1cc2c(cc1OC)C(N(CC(=O)O)C(=S)CCC(C)=O)CC2. The molecule has 7 heteroatoms. The molecule has 6 nitrogen and oxygen atoms in total. The molecule has 0 spiro atoms. The third-order valence-corrected chi connectivity index (χ3v) is 4.82. The van der Waals surface area contributed by atoms with E-state index in [0.29, 0.717) is 29.3 Å². The van der Waals surface area contributed by atoms with Gasteiger partial charge in [0, 0.05) is 12.8 Å². The quantitative estimate of drug-likeness (QED) is 0.710. The van der Waals surface area contributed by atoms with Crippen LogP contribution in [0.15, 0.2) is 12.1 Å². The number of aryl methyl sites for hydroxylation is 1. The molecule has 0 saturated heterocycles. The Hall–Kier alpha value is -2.15. The van der Waals surface area contributed by atoms with Crippen molar-refractivity contribution in [3.05, 3.63) is 23.3 Å². The number of nitrogens with zero attached hydrogens (tertiary/aromatic N) is 1. The molecule has 0 radical (unpaired) electrons. The van der Waals surface area contributed by atoms with Crippen molar-refractivity contribution in [3.63, 3.8) is 0 Å². The van der Waals surface area contributed by atoms with Gasteiger partial charge in [0.1, 0.15) is 12.3 Å². The Kier molecular flexibility index (Phi) is 6.36. The summed E-state index contributed by atoms with van der Waals surface area (Å²) in [6.07, 6.45) is 2.28. The highest BCUT2D eigenvalue weighted by Crippen LogP contribution is 2.42. The van der Waals surface area contributed by atoms with Gasteiger partial charge in [-0.25, -0.2) is 0 Å². The molecule has 1 aliphatic carbocycles. The number of thiocarbonyl (C=S) groups is 1. The van der Waals surface area contributed by atoms with Crippen molar-refractivity contribution >= 4 is 29.0 Å². The van der Waals surface area contributed by atoms with Gasteiger partial charge in [-0.15, -0.1) is 0 Å². The molecule has 1 unspecified atom stereocenters. The van der Waals surface area contributed by atoms with Crippen LogP contribution < -0.4 is 9.47 Å². The number of carboxylic acid groups (broad SMARTS) is 1. The molecule has 1 aromatic rings. The van der Waals surface area contributed by atoms with E-state index in [0.717, 1.165) is 24.0 Å². The maximum atomic E-state index is 11.3. The molecule has 1 aliphatic rings. The third-order valence-electron chi connectivity index (χ3n) is 4.38. The number of carbonyl (C=O) groups is 2. The number of methoxy groups -OCH3 is 2. The van der Waals surface area contributed by atoms with Crippen LogP contribution in [0.5, 0.6) is 11.5 Å². The Labute approximate surface area is 152 Å². The van der Waals surface area contributed by atoms with Crippen molar-refractivity contribution in [3.8, 4) is 11.5 Å². The highest BCUT2D eigenvalue weighted by atomic mass is 32.1. The van der Waals surface area contributed by atoms with Crippen LogP contribution in [0.1, 0.15) is 43.4 Å². The first-order valence-electron chi connectivity index (χ1n) is 8.12. The van der Waals surface area contributed by atoms with Gasteiger partial charge in [-0.05, 0) is 43.0 Å². The van der Waals surface area contributed by atoms with E-state index in [-0.39, 0.29) is 18.4 Å². The van der Waals surface area contributed by atoms with Gasteiger partial charge in [-0.2, -0.15) is 0 Å². The third kappa shape index (κ3) is 4.48. The number of fused-ring (bicyclic) bond motifs is 1. The van der Waals surface area contributed by atoms with E-state index in [4.69, 9.17) is 21.7 Å². The number of carboxylic acids is 1. The number of Topliss-reactive ketones (excluding diaryl/α,β-unsaturated/α-hetero) is 1. The van der Waals surface area contributed by atoms with Crippen molar-refractivity contribution in [2.75, 3.05) is 20.8 Å². The van der Waals surface area contributed by atoms with Crippen molar-refractivity contribution in [2.24, 2.45) is 0 Å². The monoisotopic (exact) mass is 365 g/mol. The van der Waals surface area contributed by atoms with E-state index >= 15 is 0 Å². The van der Waals surface area contributed by atoms with Crippen molar-refractivity contribution in [1.29, 1.82) is 0 Å². The standard InChI is InChI=1S/C18H23NO5S/c1-11(20)4-7-17(25)19(10-18(21)22)14-6-5-12-8-15(23-2)16(24-3)9-13(12)14/h8-9,14H,4-7,10H2,1-3H3,(H,21,22). The maximum absolute atomic E-state index is 11.3. The number of ether oxygens (including phenoxy) is 2. The molecule has 1 atom stereocenters. The molecule has 136 valence electrons. The van der Waals surface area contributed by atoms with Crippen LogP contribution >= 0.6 is 12.2 Å². The average molecular weight is 365 g/mol. The zero-order valence-electron chi connectivity index (χ0n) is 14.7. The van der Waals surface area contributed by atoms with Gasteiger partial charge in [0.15, 0.2) is 11.5 Å². The number of carbonyl (C=O) groups excluding carboxylic acids is 1. The number of aliphatic carboxylic acids is 1. The predicted molar refractivity (Wildman–Crippen MR) is 97.5 cm³/mol. The Morgan fingerprint density at radius 1 is 1.24 bits per heavy atom. The Morgan fingerprint density at radius 3 is 2.44 bits per heavy atom. The summed E-state index contributed by atoms with van der Waals surface area (Å²) in [6, 6.07) is 3.70. The minimum absolute atomic E-state index is 0.0378. The van der Waals surface area contributed by atoms with Crippen LogP contribution in [0.2, 0.25) is 0 Å². The predicted octanol–water partition coefficient (Wildman–Crippen LogP) is 2.77. The van der Waals surface area contributed by atoms with E-state index in [1.54, 1.807) is 19.1 Å². The molecule has 25 heavy (non-hydrogen) atoms. The summed E-state index contributed by atoms with van der Waals surface area (Å²) in [7, 11) is 3.16. The second-order valence-electron chi connectivity index (χ2n) is 6.08.